The number of nitrogens with two attached hydrogens (primary N) is 1. The number of aliphatic hydroxyl groups is 2. The van der Waals surface area contributed by atoms with Crippen LogP contribution in [0.4, 0.5) is 5.82 Å². The largest absolute Gasteiger partial charge is 0.387 e. The van der Waals surface area contributed by atoms with Gasteiger partial charge < -0.3 is 26.0 Å². The zero-order chi connectivity index (χ0) is 16.7. The van der Waals surface area contributed by atoms with Crippen LogP contribution in [0.3, 0.4) is 0 Å². The van der Waals surface area contributed by atoms with Gasteiger partial charge in [0, 0.05) is 29.1 Å². The van der Waals surface area contributed by atoms with Gasteiger partial charge >= 0.3 is 0 Å². The van der Waals surface area contributed by atoms with E-state index in [1.165, 1.54) is 10.9 Å². The van der Waals surface area contributed by atoms with Gasteiger partial charge in [-0.15, -0.1) is 0 Å². The molecule has 0 bridgehead atoms. The van der Waals surface area contributed by atoms with E-state index in [0.717, 1.165) is 0 Å². The standard InChI is InChI=1S/C12H15IN6O4/c1-2-15-10(22)7-5(20)6(21)11(23-7)19-3-16-4-8(14)17-12(13)18-9(4)19/h3,5-7,11,20-21H,2H2,1H3,(H,15,22)(H2,14,17,18)/t5?,6?,7-,11-/m1/s1. The molecular formula is C12H15IN6O4. The topological polar surface area (TPSA) is 148 Å². The smallest absolute Gasteiger partial charge is 0.252 e. The summed E-state index contributed by atoms with van der Waals surface area (Å²) in [5, 5.41) is 22.9. The van der Waals surface area contributed by atoms with Crippen LogP contribution in [0.15, 0.2) is 6.33 Å². The molecule has 1 aliphatic heterocycles. The first-order chi connectivity index (χ1) is 10.9. The van der Waals surface area contributed by atoms with Crippen molar-refractivity contribution in [2.75, 3.05) is 12.3 Å². The van der Waals surface area contributed by atoms with Crippen LogP contribution in [-0.2, 0) is 9.53 Å². The number of rotatable bonds is 3. The first-order valence-electron chi connectivity index (χ1n) is 6.89. The van der Waals surface area contributed by atoms with Crippen molar-refractivity contribution in [3.8, 4) is 0 Å². The summed E-state index contributed by atoms with van der Waals surface area (Å²) in [5.74, 6) is -0.291. The number of nitrogens with zero attached hydrogens (tertiary/aromatic N) is 4. The molecule has 0 aromatic carbocycles. The summed E-state index contributed by atoms with van der Waals surface area (Å²) in [6, 6.07) is 0. The van der Waals surface area contributed by atoms with E-state index in [9.17, 15) is 15.0 Å². The molecule has 0 aliphatic carbocycles. The van der Waals surface area contributed by atoms with Gasteiger partial charge in [0.2, 0.25) is 0 Å². The molecule has 1 amide bonds. The molecule has 1 aliphatic rings. The number of aliphatic hydroxyl groups excluding tert-OH is 2. The van der Waals surface area contributed by atoms with Crippen molar-refractivity contribution in [2.45, 2.75) is 31.5 Å². The second-order valence-electron chi connectivity index (χ2n) is 5.02. The molecule has 10 nitrogen and oxygen atoms in total. The van der Waals surface area contributed by atoms with Crippen LogP contribution >= 0.6 is 22.6 Å². The first kappa shape index (κ1) is 16.3. The predicted octanol–water partition coefficient (Wildman–Crippen LogP) is -1.23. The highest BCUT2D eigenvalue weighted by Gasteiger charge is 2.47. The fourth-order valence-corrected chi connectivity index (χ4v) is 2.97. The Bertz CT molecular complexity index is 752. The minimum Gasteiger partial charge on any atom is -0.387 e. The van der Waals surface area contributed by atoms with Gasteiger partial charge in [-0.2, -0.15) is 0 Å². The number of nitrogen functional groups attached to an aromatic ring is 1. The van der Waals surface area contributed by atoms with E-state index in [-0.39, 0.29) is 5.82 Å². The summed E-state index contributed by atoms with van der Waals surface area (Å²) in [5.41, 5.74) is 6.51. The van der Waals surface area contributed by atoms with Gasteiger partial charge in [-0.25, -0.2) is 15.0 Å². The number of carbonyl (C=O) groups is 1. The number of fused-ring (bicyclic) bond motifs is 1. The Morgan fingerprint density at radius 3 is 2.91 bits per heavy atom. The number of anilines is 1. The molecule has 23 heavy (non-hydrogen) atoms. The monoisotopic (exact) mass is 434 g/mol. The quantitative estimate of drug-likeness (QED) is 0.347. The first-order valence-corrected chi connectivity index (χ1v) is 7.96. The number of ether oxygens (including phenoxy) is 1. The van der Waals surface area contributed by atoms with E-state index < -0.39 is 30.4 Å². The molecule has 2 aromatic heterocycles. The molecule has 3 heterocycles. The molecule has 3 rings (SSSR count). The van der Waals surface area contributed by atoms with E-state index >= 15 is 0 Å². The number of hydrogen-bond donors (Lipinski definition) is 4. The lowest BCUT2D eigenvalue weighted by atomic mass is 10.1. The molecule has 11 heteroatoms. The van der Waals surface area contributed by atoms with E-state index in [2.05, 4.69) is 20.3 Å². The number of amides is 1. The number of halogens is 1. The number of likely N-dealkylation sites (N-methyl/N-ethyl adjacent to an activating group) is 1. The average molecular weight is 434 g/mol. The van der Waals surface area contributed by atoms with Crippen molar-refractivity contribution in [3.63, 3.8) is 0 Å². The number of aromatic nitrogens is 4. The molecule has 2 unspecified atom stereocenters. The van der Waals surface area contributed by atoms with Crippen molar-refractivity contribution in [1.82, 2.24) is 24.8 Å². The van der Waals surface area contributed by atoms with E-state index in [1.807, 2.05) is 22.6 Å². The number of imidazole rings is 1. The lowest BCUT2D eigenvalue weighted by molar-refractivity contribution is -0.137. The van der Waals surface area contributed by atoms with Crippen LogP contribution in [0.5, 0.6) is 0 Å². The van der Waals surface area contributed by atoms with Gasteiger partial charge in [0.15, 0.2) is 27.6 Å². The van der Waals surface area contributed by atoms with Gasteiger partial charge in [0.1, 0.15) is 17.7 Å². The lowest BCUT2D eigenvalue weighted by Gasteiger charge is -2.16. The molecule has 5 N–H and O–H groups in total. The van der Waals surface area contributed by atoms with Crippen molar-refractivity contribution in [2.24, 2.45) is 0 Å². The molecule has 0 radical (unpaired) electrons. The fraction of sp³-hybridized carbons (Fsp3) is 0.500. The molecule has 4 atom stereocenters. The Balaban J connectivity index is 1.98. The van der Waals surface area contributed by atoms with Gasteiger partial charge in [-0.3, -0.25) is 9.36 Å². The highest BCUT2D eigenvalue weighted by molar-refractivity contribution is 14.1. The average Bonchev–Trinajstić information content (AvgIpc) is 3.02. The number of nitrogens with one attached hydrogen (secondary N) is 1. The van der Waals surface area contributed by atoms with Crippen molar-refractivity contribution in [3.05, 3.63) is 10.2 Å². The molecular weight excluding hydrogens is 419 g/mol. The maximum absolute atomic E-state index is 11.9. The molecule has 1 fully saturated rings. The Morgan fingerprint density at radius 2 is 2.22 bits per heavy atom. The number of carbonyl (C=O) groups excluding carboxylic acids is 1. The third-order valence-electron chi connectivity index (χ3n) is 3.54. The third-order valence-corrected chi connectivity index (χ3v) is 4.03. The van der Waals surface area contributed by atoms with Gasteiger partial charge in [-0.05, 0) is 6.92 Å². The van der Waals surface area contributed by atoms with E-state index in [4.69, 9.17) is 10.5 Å². The second-order valence-corrected chi connectivity index (χ2v) is 5.99. The van der Waals surface area contributed by atoms with Gasteiger partial charge in [-0.1, -0.05) is 0 Å². The predicted molar refractivity (Wildman–Crippen MR) is 87.1 cm³/mol. The second kappa shape index (κ2) is 6.14. The van der Waals surface area contributed by atoms with Crippen LogP contribution in [-0.4, -0.2) is 60.5 Å². The zero-order valence-electron chi connectivity index (χ0n) is 12.0. The molecule has 124 valence electrons. The minimum absolute atomic E-state index is 0.200. The normalized spacial score (nSPS) is 27.5. The van der Waals surface area contributed by atoms with Crippen molar-refractivity contribution < 1.29 is 19.7 Å². The maximum Gasteiger partial charge on any atom is 0.252 e. The third kappa shape index (κ3) is 2.73. The minimum atomic E-state index is -1.36. The summed E-state index contributed by atoms with van der Waals surface area (Å²) in [6.07, 6.45) is -3.47. The lowest BCUT2D eigenvalue weighted by Crippen LogP contribution is -2.42. The molecule has 0 spiro atoms. The SMILES string of the molecule is CCNC(=O)[C@@H]1O[C@@H](n2cnc3c(N)nc(I)nc32)C(O)C1O. The van der Waals surface area contributed by atoms with Crippen LogP contribution in [0.2, 0.25) is 0 Å². The van der Waals surface area contributed by atoms with Gasteiger partial charge in [0.25, 0.3) is 5.91 Å². The van der Waals surface area contributed by atoms with Crippen molar-refractivity contribution >= 4 is 45.5 Å². The van der Waals surface area contributed by atoms with E-state index in [1.54, 1.807) is 6.92 Å². The number of hydrogen-bond acceptors (Lipinski definition) is 8. The summed E-state index contributed by atoms with van der Waals surface area (Å²) in [6.45, 7) is 2.14. The Hall–Kier alpha value is -1.57. The molecule has 1 saturated heterocycles. The van der Waals surface area contributed by atoms with Crippen LogP contribution in [0.25, 0.3) is 11.2 Å². The summed E-state index contributed by atoms with van der Waals surface area (Å²) in [7, 11) is 0. The summed E-state index contributed by atoms with van der Waals surface area (Å²) >= 11 is 1.91. The molecule has 2 aromatic rings. The zero-order valence-corrected chi connectivity index (χ0v) is 14.2. The highest BCUT2D eigenvalue weighted by atomic mass is 127. The maximum atomic E-state index is 11.9. The Labute approximate surface area is 144 Å². The molecule has 0 saturated carbocycles. The fourth-order valence-electron chi connectivity index (χ4n) is 2.48. The summed E-state index contributed by atoms with van der Waals surface area (Å²) in [4.78, 5) is 24.2. The Kier molecular flexibility index (Phi) is 4.35. The van der Waals surface area contributed by atoms with Crippen molar-refractivity contribution in [1.29, 1.82) is 0 Å². The van der Waals surface area contributed by atoms with Crippen LogP contribution in [0, 0.1) is 3.83 Å². The van der Waals surface area contributed by atoms with Gasteiger partial charge in [0.05, 0.1) is 6.33 Å². The van der Waals surface area contributed by atoms with Crippen LogP contribution in [0.1, 0.15) is 13.2 Å². The Morgan fingerprint density at radius 1 is 1.48 bits per heavy atom. The van der Waals surface area contributed by atoms with Crippen LogP contribution < -0.4 is 11.1 Å². The summed E-state index contributed by atoms with van der Waals surface area (Å²) < 4.78 is 7.38. The highest BCUT2D eigenvalue weighted by Crippen LogP contribution is 2.32. The van der Waals surface area contributed by atoms with E-state index in [0.29, 0.717) is 21.5 Å².